The third-order valence-corrected chi connectivity index (χ3v) is 4.89. The van der Waals surface area contributed by atoms with Crippen LogP contribution in [0, 0.1) is 19.3 Å². The molecule has 1 N–H and O–H groups in total. The van der Waals surface area contributed by atoms with Crippen LogP contribution in [0.1, 0.15) is 68.9 Å². The molecule has 1 aliphatic rings. The van der Waals surface area contributed by atoms with Gasteiger partial charge in [-0.1, -0.05) is 26.2 Å². The van der Waals surface area contributed by atoms with Crippen LogP contribution < -0.4 is 5.32 Å². The van der Waals surface area contributed by atoms with Crippen molar-refractivity contribution in [1.82, 2.24) is 15.1 Å². The van der Waals surface area contributed by atoms with Crippen molar-refractivity contribution in [2.75, 3.05) is 6.54 Å². The average molecular weight is 263 g/mol. The maximum absolute atomic E-state index is 4.52. The standard InChI is InChI=1S/C16H29N3/c1-12(15-13(2)18-19(5)14(15)3)17-11-16(4)9-7-6-8-10-16/h12,17H,6-11H2,1-5H3. The number of aromatic nitrogens is 2. The van der Waals surface area contributed by atoms with Crippen LogP contribution in [0.3, 0.4) is 0 Å². The Hall–Kier alpha value is -0.830. The summed E-state index contributed by atoms with van der Waals surface area (Å²) in [6.45, 7) is 10.1. The van der Waals surface area contributed by atoms with Crippen molar-refractivity contribution < 1.29 is 0 Å². The predicted octanol–water partition coefficient (Wildman–Crippen LogP) is 3.66. The number of hydrogen-bond donors (Lipinski definition) is 1. The van der Waals surface area contributed by atoms with Crippen molar-refractivity contribution in [2.24, 2.45) is 12.5 Å². The minimum absolute atomic E-state index is 0.396. The third kappa shape index (κ3) is 3.19. The summed E-state index contributed by atoms with van der Waals surface area (Å²) in [5, 5.41) is 8.27. The first kappa shape index (κ1) is 14.6. The van der Waals surface area contributed by atoms with E-state index in [0.29, 0.717) is 11.5 Å². The first-order valence-electron chi connectivity index (χ1n) is 7.66. The lowest BCUT2D eigenvalue weighted by Crippen LogP contribution is -2.35. The van der Waals surface area contributed by atoms with Gasteiger partial charge in [0.05, 0.1) is 5.69 Å². The molecule has 0 spiro atoms. The van der Waals surface area contributed by atoms with Crippen LogP contribution in [-0.2, 0) is 7.05 Å². The molecule has 1 unspecified atom stereocenters. The molecule has 0 bridgehead atoms. The van der Waals surface area contributed by atoms with E-state index in [1.54, 1.807) is 0 Å². The minimum atomic E-state index is 0.396. The highest BCUT2D eigenvalue weighted by atomic mass is 15.3. The van der Waals surface area contributed by atoms with E-state index in [0.717, 1.165) is 12.2 Å². The van der Waals surface area contributed by atoms with Crippen LogP contribution in [-0.4, -0.2) is 16.3 Å². The molecule has 19 heavy (non-hydrogen) atoms. The molecule has 3 heteroatoms. The molecule has 1 aromatic rings. The Balaban J connectivity index is 1.99. The van der Waals surface area contributed by atoms with E-state index in [2.05, 4.69) is 38.1 Å². The second-order valence-electron chi connectivity index (χ2n) is 6.68. The summed E-state index contributed by atoms with van der Waals surface area (Å²) in [7, 11) is 2.03. The molecule has 108 valence electrons. The van der Waals surface area contributed by atoms with E-state index in [1.165, 1.54) is 43.4 Å². The Kier molecular flexibility index (Phi) is 4.34. The predicted molar refractivity (Wildman–Crippen MR) is 80.3 cm³/mol. The fourth-order valence-corrected chi connectivity index (χ4v) is 3.50. The van der Waals surface area contributed by atoms with E-state index in [-0.39, 0.29) is 0 Å². The van der Waals surface area contributed by atoms with Crippen molar-refractivity contribution in [3.05, 3.63) is 17.0 Å². The highest BCUT2D eigenvalue weighted by molar-refractivity contribution is 5.27. The van der Waals surface area contributed by atoms with Gasteiger partial charge in [-0.3, -0.25) is 4.68 Å². The summed E-state index contributed by atoms with van der Waals surface area (Å²) < 4.78 is 1.99. The molecular formula is C16H29N3. The molecule has 1 fully saturated rings. The first-order valence-corrected chi connectivity index (χ1v) is 7.66. The molecule has 1 atom stereocenters. The summed E-state index contributed by atoms with van der Waals surface area (Å²) >= 11 is 0. The SMILES string of the molecule is Cc1nn(C)c(C)c1C(C)NCC1(C)CCCCC1. The molecule has 0 radical (unpaired) electrons. The van der Waals surface area contributed by atoms with Gasteiger partial charge < -0.3 is 5.32 Å². The van der Waals surface area contributed by atoms with Crippen LogP contribution in [0.5, 0.6) is 0 Å². The highest BCUT2D eigenvalue weighted by Gasteiger charge is 2.27. The monoisotopic (exact) mass is 263 g/mol. The molecule has 0 amide bonds. The number of nitrogens with zero attached hydrogens (tertiary/aromatic N) is 2. The van der Waals surface area contributed by atoms with Gasteiger partial charge in [-0.15, -0.1) is 0 Å². The molecule has 1 saturated carbocycles. The Labute approximate surface area is 117 Å². The van der Waals surface area contributed by atoms with Crippen molar-refractivity contribution in [1.29, 1.82) is 0 Å². The van der Waals surface area contributed by atoms with Gasteiger partial charge in [0, 0.05) is 30.9 Å². The second kappa shape index (κ2) is 5.66. The Morgan fingerprint density at radius 1 is 1.26 bits per heavy atom. The van der Waals surface area contributed by atoms with Crippen molar-refractivity contribution in [3.8, 4) is 0 Å². The first-order chi connectivity index (χ1) is 8.93. The number of hydrogen-bond acceptors (Lipinski definition) is 2. The Bertz CT molecular complexity index is 427. The molecule has 2 rings (SSSR count). The molecular weight excluding hydrogens is 234 g/mol. The topological polar surface area (TPSA) is 29.9 Å². The van der Waals surface area contributed by atoms with Gasteiger partial charge in [0.25, 0.3) is 0 Å². The maximum atomic E-state index is 4.52. The maximum Gasteiger partial charge on any atom is 0.0644 e. The molecule has 1 heterocycles. The minimum Gasteiger partial charge on any atom is -0.310 e. The van der Waals surface area contributed by atoms with Gasteiger partial charge in [-0.05, 0) is 39.0 Å². The lowest BCUT2D eigenvalue weighted by molar-refractivity contribution is 0.202. The summed E-state index contributed by atoms with van der Waals surface area (Å²) in [5.74, 6) is 0. The van der Waals surface area contributed by atoms with Crippen molar-refractivity contribution >= 4 is 0 Å². The summed E-state index contributed by atoms with van der Waals surface area (Å²) in [5.41, 5.74) is 4.32. The Morgan fingerprint density at radius 2 is 1.89 bits per heavy atom. The summed E-state index contributed by atoms with van der Waals surface area (Å²) in [6.07, 6.45) is 6.97. The third-order valence-electron chi connectivity index (χ3n) is 4.89. The van der Waals surface area contributed by atoms with E-state index in [4.69, 9.17) is 0 Å². The highest BCUT2D eigenvalue weighted by Crippen LogP contribution is 2.35. The zero-order valence-corrected chi connectivity index (χ0v) is 13.2. The number of rotatable bonds is 4. The van der Waals surface area contributed by atoms with Gasteiger partial charge in [0.15, 0.2) is 0 Å². The van der Waals surface area contributed by atoms with Gasteiger partial charge in [0.2, 0.25) is 0 Å². The van der Waals surface area contributed by atoms with Crippen molar-refractivity contribution in [2.45, 2.75) is 65.8 Å². The van der Waals surface area contributed by atoms with Gasteiger partial charge in [0.1, 0.15) is 0 Å². The van der Waals surface area contributed by atoms with Crippen LogP contribution in [0.25, 0.3) is 0 Å². The van der Waals surface area contributed by atoms with E-state index < -0.39 is 0 Å². The molecule has 1 aliphatic carbocycles. The van der Waals surface area contributed by atoms with Gasteiger partial charge >= 0.3 is 0 Å². The van der Waals surface area contributed by atoms with E-state index in [1.807, 2.05) is 11.7 Å². The smallest absolute Gasteiger partial charge is 0.0644 e. The Morgan fingerprint density at radius 3 is 2.42 bits per heavy atom. The van der Waals surface area contributed by atoms with Gasteiger partial charge in [-0.2, -0.15) is 5.10 Å². The van der Waals surface area contributed by atoms with Gasteiger partial charge in [-0.25, -0.2) is 0 Å². The lowest BCUT2D eigenvalue weighted by Gasteiger charge is -2.35. The fraction of sp³-hybridized carbons (Fsp3) is 0.812. The van der Waals surface area contributed by atoms with Crippen molar-refractivity contribution in [3.63, 3.8) is 0 Å². The number of aryl methyl sites for hydroxylation is 2. The molecule has 0 aliphatic heterocycles. The normalized spacial score (nSPS) is 20.5. The molecule has 0 saturated heterocycles. The average Bonchev–Trinajstić information content (AvgIpc) is 2.62. The molecule has 1 aromatic heterocycles. The zero-order chi connectivity index (χ0) is 14.0. The largest absolute Gasteiger partial charge is 0.310 e. The van der Waals surface area contributed by atoms with E-state index >= 15 is 0 Å². The molecule has 0 aromatic carbocycles. The zero-order valence-electron chi connectivity index (χ0n) is 13.2. The van der Waals surface area contributed by atoms with Crippen LogP contribution in [0.2, 0.25) is 0 Å². The quantitative estimate of drug-likeness (QED) is 0.898. The summed E-state index contributed by atoms with van der Waals surface area (Å²) in [6, 6.07) is 0.396. The van der Waals surface area contributed by atoms with Crippen LogP contribution in [0.15, 0.2) is 0 Å². The van der Waals surface area contributed by atoms with E-state index in [9.17, 15) is 0 Å². The summed E-state index contributed by atoms with van der Waals surface area (Å²) in [4.78, 5) is 0. The molecule has 3 nitrogen and oxygen atoms in total. The van der Waals surface area contributed by atoms with Crippen LogP contribution >= 0.6 is 0 Å². The fourth-order valence-electron chi connectivity index (χ4n) is 3.50. The second-order valence-corrected chi connectivity index (χ2v) is 6.68. The lowest BCUT2D eigenvalue weighted by atomic mass is 9.75. The van der Waals surface area contributed by atoms with Crippen LogP contribution in [0.4, 0.5) is 0 Å². The number of nitrogens with one attached hydrogen (secondary N) is 1.